The molecule has 0 bridgehead atoms. The van der Waals surface area contributed by atoms with Gasteiger partial charge in [-0.15, -0.1) is 0 Å². The monoisotopic (exact) mass is 479 g/mol. The van der Waals surface area contributed by atoms with Crippen LogP contribution in [0.15, 0.2) is 65.6 Å². The van der Waals surface area contributed by atoms with E-state index in [2.05, 4.69) is 22.0 Å². The predicted molar refractivity (Wildman–Crippen MR) is 138 cm³/mol. The minimum Gasteiger partial charge on any atom is -0.321 e. The van der Waals surface area contributed by atoms with Crippen molar-refractivity contribution in [2.45, 2.75) is 44.0 Å². The summed E-state index contributed by atoms with van der Waals surface area (Å²) in [6.07, 6.45) is 3.02. The maximum absolute atomic E-state index is 13.3. The van der Waals surface area contributed by atoms with Gasteiger partial charge in [-0.3, -0.25) is 4.79 Å². The third-order valence-corrected chi connectivity index (χ3v) is 8.34. The van der Waals surface area contributed by atoms with E-state index < -0.39 is 10.0 Å². The number of piperidine rings is 1. The van der Waals surface area contributed by atoms with Crippen molar-refractivity contribution in [2.75, 3.05) is 25.5 Å². The number of amides is 1. The number of hydrogen-bond acceptors (Lipinski definition) is 4. The Balaban J connectivity index is 1.56. The summed E-state index contributed by atoms with van der Waals surface area (Å²) < 4.78 is 29.6. The molecule has 0 saturated carbocycles. The summed E-state index contributed by atoms with van der Waals surface area (Å²) in [7, 11) is -1.60. The summed E-state index contributed by atoms with van der Waals surface area (Å²) in [5, 5.41) is 4.24. The van der Waals surface area contributed by atoms with Gasteiger partial charge in [-0.1, -0.05) is 42.5 Å². The van der Waals surface area contributed by atoms with Crippen LogP contribution in [0.4, 0.5) is 5.69 Å². The fourth-order valence-corrected chi connectivity index (χ4v) is 6.27. The van der Waals surface area contributed by atoms with Gasteiger partial charge in [-0.25, -0.2) is 13.1 Å². The molecule has 1 aliphatic heterocycles. The van der Waals surface area contributed by atoms with E-state index in [1.807, 2.05) is 50.2 Å². The van der Waals surface area contributed by atoms with Gasteiger partial charge in [-0.2, -0.15) is 0 Å². The van der Waals surface area contributed by atoms with Crippen molar-refractivity contribution >= 4 is 32.4 Å². The van der Waals surface area contributed by atoms with Crippen LogP contribution in [0.2, 0.25) is 0 Å². The zero-order valence-electron chi connectivity index (χ0n) is 20.0. The van der Waals surface area contributed by atoms with Crippen molar-refractivity contribution < 1.29 is 13.2 Å². The summed E-state index contributed by atoms with van der Waals surface area (Å²) in [6.45, 7) is 5.95. The molecule has 4 rings (SSSR count). The highest BCUT2D eigenvalue weighted by Crippen LogP contribution is 2.30. The standard InChI is InChI=1S/C27H33N3O3S/c1-19-8-4-5-9-22(19)27(31)28-25-12-13-26(24-11-7-6-10-23(24)25)34(32,33)29-20(2)18-21-14-16-30(3)17-15-21/h4-13,20-21,29H,14-18H2,1-3H3,(H,28,31). The van der Waals surface area contributed by atoms with Gasteiger partial charge in [0.2, 0.25) is 10.0 Å². The largest absolute Gasteiger partial charge is 0.321 e. The van der Waals surface area contributed by atoms with Gasteiger partial charge in [0.05, 0.1) is 4.90 Å². The number of benzene rings is 3. The summed E-state index contributed by atoms with van der Waals surface area (Å²) in [4.78, 5) is 15.4. The van der Waals surface area contributed by atoms with Crippen LogP contribution in [-0.2, 0) is 10.0 Å². The smallest absolute Gasteiger partial charge is 0.255 e. The molecule has 0 radical (unpaired) electrons. The van der Waals surface area contributed by atoms with E-state index in [-0.39, 0.29) is 16.8 Å². The molecule has 0 aliphatic carbocycles. The van der Waals surface area contributed by atoms with Crippen LogP contribution in [-0.4, -0.2) is 45.4 Å². The number of fused-ring (bicyclic) bond motifs is 1. The molecule has 0 aromatic heterocycles. The molecular weight excluding hydrogens is 446 g/mol. The molecule has 3 aromatic rings. The highest BCUT2D eigenvalue weighted by atomic mass is 32.2. The SMILES string of the molecule is Cc1ccccc1C(=O)Nc1ccc(S(=O)(=O)NC(C)CC2CCN(C)CC2)c2ccccc12. The second kappa shape index (κ2) is 10.3. The van der Waals surface area contributed by atoms with Crippen LogP contribution in [0.5, 0.6) is 0 Å². The Morgan fingerprint density at radius 2 is 1.65 bits per heavy atom. The summed E-state index contributed by atoms with van der Waals surface area (Å²) in [5.41, 5.74) is 2.06. The molecule has 34 heavy (non-hydrogen) atoms. The Kier molecular flexibility index (Phi) is 7.36. The number of likely N-dealkylation sites (tertiary alicyclic amines) is 1. The van der Waals surface area contributed by atoms with E-state index in [1.54, 1.807) is 24.3 Å². The Labute approximate surface area is 202 Å². The first-order valence-corrected chi connectivity index (χ1v) is 13.3. The maximum Gasteiger partial charge on any atom is 0.255 e. The van der Waals surface area contributed by atoms with Gasteiger partial charge in [0.1, 0.15) is 0 Å². The number of nitrogens with zero attached hydrogens (tertiary/aromatic N) is 1. The first kappa shape index (κ1) is 24.4. The number of anilines is 1. The minimum atomic E-state index is -3.72. The number of sulfonamides is 1. The first-order chi connectivity index (χ1) is 16.2. The predicted octanol–water partition coefficient (Wildman–Crippen LogP) is 4.80. The highest BCUT2D eigenvalue weighted by molar-refractivity contribution is 7.89. The minimum absolute atomic E-state index is 0.155. The van der Waals surface area contributed by atoms with E-state index >= 15 is 0 Å². The number of nitrogens with one attached hydrogen (secondary N) is 2. The van der Waals surface area contributed by atoms with Crippen molar-refractivity contribution in [3.8, 4) is 0 Å². The average molecular weight is 480 g/mol. The number of rotatable bonds is 7. The Morgan fingerprint density at radius 3 is 2.35 bits per heavy atom. The van der Waals surface area contributed by atoms with Crippen molar-refractivity contribution in [1.29, 1.82) is 0 Å². The molecule has 6 nitrogen and oxygen atoms in total. The highest BCUT2D eigenvalue weighted by Gasteiger charge is 2.24. The molecule has 1 heterocycles. The van der Waals surface area contributed by atoms with Crippen molar-refractivity contribution in [3.63, 3.8) is 0 Å². The van der Waals surface area contributed by atoms with Crippen LogP contribution in [0.25, 0.3) is 10.8 Å². The molecule has 1 saturated heterocycles. The summed E-state index contributed by atoms with van der Waals surface area (Å²) in [6, 6.07) is 17.8. The van der Waals surface area contributed by atoms with Crippen LogP contribution < -0.4 is 10.0 Å². The van der Waals surface area contributed by atoms with Crippen molar-refractivity contribution in [2.24, 2.45) is 5.92 Å². The van der Waals surface area contributed by atoms with E-state index in [0.717, 1.165) is 37.9 Å². The molecule has 7 heteroatoms. The third-order valence-electron chi connectivity index (χ3n) is 6.69. The molecule has 3 aromatic carbocycles. The molecule has 1 amide bonds. The zero-order chi connectivity index (χ0) is 24.3. The topological polar surface area (TPSA) is 78.5 Å². The second-order valence-electron chi connectivity index (χ2n) is 9.43. The molecule has 1 unspecified atom stereocenters. The molecule has 0 spiro atoms. The summed E-state index contributed by atoms with van der Waals surface area (Å²) >= 11 is 0. The molecule has 1 fully saturated rings. The fraction of sp³-hybridized carbons (Fsp3) is 0.370. The maximum atomic E-state index is 13.3. The van der Waals surface area contributed by atoms with Crippen LogP contribution >= 0.6 is 0 Å². The van der Waals surface area contributed by atoms with Gasteiger partial charge in [0, 0.05) is 28.1 Å². The van der Waals surface area contributed by atoms with Crippen LogP contribution in [0.1, 0.15) is 42.1 Å². The van der Waals surface area contributed by atoms with Crippen molar-refractivity contribution in [3.05, 3.63) is 71.8 Å². The number of carbonyl (C=O) groups is 1. The van der Waals surface area contributed by atoms with Crippen molar-refractivity contribution in [1.82, 2.24) is 9.62 Å². The lowest BCUT2D eigenvalue weighted by Gasteiger charge is -2.30. The molecular formula is C27H33N3O3S. The lowest BCUT2D eigenvalue weighted by molar-refractivity contribution is 0.102. The molecule has 1 atom stereocenters. The van der Waals surface area contributed by atoms with E-state index in [0.29, 0.717) is 27.9 Å². The zero-order valence-corrected chi connectivity index (χ0v) is 20.9. The first-order valence-electron chi connectivity index (χ1n) is 11.8. The van der Waals surface area contributed by atoms with Gasteiger partial charge >= 0.3 is 0 Å². The molecule has 2 N–H and O–H groups in total. The van der Waals surface area contributed by atoms with Crippen LogP contribution in [0.3, 0.4) is 0 Å². The lowest BCUT2D eigenvalue weighted by Crippen LogP contribution is -2.37. The van der Waals surface area contributed by atoms with Gasteiger partial charge in [0.25, 0.3) is 5.91 Å². The van der Waals surface area contributed by atoms with E-state index in [4.69, 9.17) is 0 Å². The lowest BCUT2D eigenvalue weighted by atomic mass is 9.91. The van der Waals surface area contributed by atoms with E-state index in [9.17, 15) is 13.2 Å². The fourth-order valence-electron chi connectivity index (χ4n) is 4.81. The number of carbonyl (C=O) groups excluding carboxylic acids is 1. The Bertz CT molecular complexity index is 1280. The van der Waals surface area contributed by atoms with Crippen LogP contribution in [0, 0.1) is 12.8 Å². The van der Waals surface area contributed by atoms with E-state index in [1.165, 1.54) is 0 Å². The molecule has 180 valence electrons. The average Bonchev–Trinajstić information content (AvgIpc) is 2.80. The van der Waals surface area contributed by atoms with Gasteiger partial charge < -0.3 is 10.2 Å². The number of hydrogen-bond donors (Lipinski definition) is 2. The summed E-state index contributed by atoms with van der Waals surface area (Å²) in [5.74, 6) is 0.313. The second-order valence-corrected chi connectivity index (χ2v) is 11.1. The quantitative estimate of drug-likeness (QED) is 0.510. The molecule has 1 aliphatic rings. The van der Waals surface area contributed by atoms with Gasteiger partial charge in [-0.05, 0) is 82.9 Å². The third kappa shape index (κ3) is 5.49. The Hall–Kier alpha value is -2.74. The normalized spacial score (nSPS) is 16.4. The van der Waals surface area contributed by atoms with Gasteiger partial charge in [0.15, 0.2) is 0 Å². The Morgan fingerprint density at radius 1 is 1.00 bits per heavy atom. The number of aryl methyl sites for hydroxylation is 1.